The summed E-state index contributed by atoms with van der Waals surface area (Å²) < 4.78 is 19.5. The fourth-order valence-corrected chi connectivity index (χ4v) is 4.34. The summed E-state index contributed by atoms with van der Waals surface area (Å²) in [5, 5.41) is 4.11. The van der Waals surface area contributed by atoms with E-state index in [0.717, 1.165) is 16.6 Å². The predicted octanol–water partition coefficient (Wildman–Crippen LogP) is 5.07. The van der Waals surface area contributed by atoms with Gasteiger partial charge in [-0.2, -0.15) is 9.97 Å². The van der Waals surface area contributed by atoms with Gasteiger partial charge in [-0.3, -0.25) is 4.57 Å². The van der Waals surface area contributed by atoms with E-state index in [2.05, 4.69) is 58.4 Å². The van der Waals surface area contributed by atoms with E-state index in [9.17, 15) is 4.57 Å². The van der Waals surface area contributed by atoms with Crippen molar-refractivity contribution in [2.75, 3.05) is 25.8 Å². The highest BCUT2D eigenvalue weighted by Crippen LogP contribution is 2.35. The quantitative estimate of drug-likeness (QED) is 0.416. The molecule has 0 atom stereocenters. The molecular formula is C24H26N5O2P. The van der Waals surface area contributed by atoms with Gasteiger partial charge in [0.05, 0.1) is 7.11 Å². The fraction of sp³-hybridized carbons (Fsp3) is 0.208. The first-order valence-electron chi connectivity index (χ1n) is 10.2. The number of methoxy groups -OCH3 is 1. The van der Waals surface area contributed by atoms with E-state index in [4.69, 9.17) is 4.74 Å². The van der Waals surface area contributed by atoms with Crippen molar-refractivity contribution >= 4 is 47.4 Å². The molecule has 2 heterocycles. The Bertz CT molecular complexity index is 1330. The maximum absolute atomic E-state index is 12.3. The van der Waals surface area contributed by atoms with Crippen LogP contribution in [0.25, 0.3) is 23.4 Å². The number of rotatable bonds is 6. The van der Waals surface area contributed by atoms with Crippen molar-refractivity contribution in [3.05, 3.63) is 65.5 Å². The van der Waals surface area contributed by atoms with Gasteiger partial charge >= 0.3 is 6.01 Å². The Morgan fingerprint density at radius 3 is 2.34 bits per heavy atom. The standard InChI is InChI=1S/C24H26N5O2P/c1-16-7-6-8-17(2)20(16)13-14-29-15-25-21-22(27-24(31-3)28-23(21)29)26-18-9-11-19(12-10-18)32(4,5)30/h6-15H,1-5H3,(H,26,27,28). The predicted molar refractivity (Wildman–Crippen MR) is 132 cm³/mol. The number of nitrogens with zero attached hydrogens (tertiary/aromatic N) is 4. The van der Waals surface area contributed by atoms with Crippen molar-refractivity contribution in [3.8, 4) is 6.01 Å². The molecule has 0 aliphatic carbocycles. The van der Waals surface area contributed by atoms with Crippen molar-refractivity contribution in [2.24, 2.45) is 0 Å². The Hall–Kier alpha value is -3.44. The fourth-order valence-electron chi connectivity index (χ4n) is 3.47. The second-order valence-corrected chi connectivity index (χ2v) is 11.2. The van der Waals surface area contributed by atoms with E-state index in [0.29, 0.717) is 17.0 Å². The Morgan fingerprint density at radius 1 is 1.03 bits per heavy atom. The normalized spacial score (nSPS) is 11.9. The average Bonchev–Trinajstić information content (AvgIpc) is 3.16. The molecule has 7 nitrogen and oxygen atoms in total. The van der Waals surface area contributed by atoms with Gasteiger partial charge in [0.2, 0.25) is 0 Å². The number of imidazole rings is 1. The summed E-state index contributed by atoms with van der Waals surface area (Å²) in [6, 6.07) is 14.0. The lowest BCUT2D eigenvalue weighted by Gasteiger charge is -2.10. The number of hydrogen-bond acceptors (Lipinski definition) is 6. The average molecular weight is 447 g/mol. The largest absolute Gasteiger partial charge is 0.467 e. The molecule has 0 aliphatic heterocycles. The zero-order chi connectivity index (χ0) is 22.9. The molecule has 0 bridgehead atoms. The van der Waals surface area contributed by atoms with Gasteiger partial charge in [-0.15, -0.1) is 0 Å². The molecule has 0 fully saturated rings. The third-order valence-corrected chi connectivity index (χ3v) is 6.82. The number of benzene rings is 2. The summed E-state index contributed by atoms with van der Waals surface area (Å²) in [7, 11) is -0.771. The first-order valence-corrected chi connectivity index (χ1v) is 12.8. The van der Waals surface area contributed by atoms with E-state index in [1.54, 1.807) is 19.7 Å². The number of anilines is 2. The number of fused-ring (bicyclic) bond motifs is 1. The maximum atomic E-state index is 12.3. The monoisotopic (exact) mass is 447 g/mol. The minimum Gasteiger partial charge on any atom is -0.467 e. The van der Waals surface area contributed by atoms with E-state index < -0.39 is 7.14 Å². The van der Waals surface area contributed by atoms with E-state index >= 15 is 0 Å². The van der Waals surface area contributed by atoms with Crippen molar-refractivity contribution in [1.82, 2.24) is 19.5 Å². The second kappa shape index (κ2) is 8.60. The molecule has 0 aliphatic rings. The molecule has 0 spiro atoms. The molecule has 0 amide bonds. The van der Waals surface area contributed by atoms with Crippen LogP contribution in [0, 0.1) is 13.8 Å². The van der Waals surface area contributed by atoms with Gasteiger partial charge in [-0.05, 0) is 74.2 Å². The molecule has 0 saturated heterocycles. The highest BCUT2D eigenvalue weighted by molar-refractivity contribution is 7.70. The smallest absolute Gasteiger partial charge is 0.320 e. The maximum Gasteiger partial charge on any atom is 0.320 e. The van der Waals surface area contributed by atoms with Crippen LogP contribution in [0.5, 0.6) is 6.01 Å². The Labute approximate surface area is 187 Å². The Morgan fingerprint density at radius 2 is 1.72 bits per heavy atom. The molecule has 4 rings (SSSR count). The van der Waals surface area contributed by atoms with E-state index in [1.807, 2.05) is 35.0 Å². The molecule has 1 N–H and O–H groups in total. The molecule has 2 aromatic carbocycles. The van der Waals surface area contributed by atoms with Gasteiger partial charge < -0.3 is 14.6 Å². The second-order valence-electron chi connectivity index (χ2n) is 8.03. The van der Waals surface area contributed by atoms with E-state index in [1.165, 1.54) is 18.2 Å². The van der Waals surface area contributed by atoms with Crippen LogP contribution in [0.2, 0.25) is 0 Å². The van der Waals surface area contributed by atoms with Gasteiger partial charge in [-0.25, -0.2) is 4.98 Å². The number of aromatic nitrogens is 4. The summed E-state index contributed by atoms with van der Waals surface area (Å²) in [6.07, 6.45) is 5.71. The van der Waals surface area contributed by atoms with Gasteiger partial charge in [0.25, 0.3) is 0 Å². The van der Waals surface area contributed by atoms with Gasteiger partial charge in [0.15, 0.2) is 17.0 Å². The molecule has 164 valence electrons. The first-order chi connectivity index (χ1) is 15.3. The summed E-state index contributed by atoms with van der Waals surface area (Å²) in [6.45, 7) is 7.69. The first kappa shape index (κ1) is 21.8. The summed E-state index contributed by atoms with van der Waals surface area (Å²) in [4.78, 5) is 13.5. The molecule has 0 unspecified atom stereocenters. The molecule has 8 heteroatoms. The summed E-state index contributed by atoms with van der Waals surface area (Å²) in [5.74, 6) is 0.537. The minimum atomic E-state index is -2.31. The van der Waals surface area contributed by atoms with Crippen LogP contribution in [0.3, 0.4) is 0 Å². The van der Waals surface area contributed by atoms with Gasteiger partial charge in [-0.1, -0.05) is 18.2 Å². The SMILES string of the molecule is COc1nc(Nc2ccc(P(C)(C)=O)cc2)c2ncn(C=Cc3c(C)cccc3C)c2n1. The number of aryl methyl sites for hydroxylation is 2. The number of hydrogen-bond donors (Lipinski definition) is 1. The van der Waals surface area contributed by atoms with Crippen LogP contribution in [0.15, 0.2) is 48.8 Å². The Kier molecular flexibility index (Phi) is 5.85. The third kappa shape index (κ3) is 4.43. The topological polar surface area (TPSA) is 81.9 Å². The van der Waals surface area contributed by atoms with Crippen molar-refractivity contribution in [1.29, 1.82) is 0 Å². The van der Waals surface area contributed by atoms with Crippen molar-refractivity contribution in [3.63, 3.8) is 0 Å². The van der Waals surface area contributed by atoms with Gasteiger partial charge in [0.1, 0.15) is 13.5 Å². The molecule has 2 aromatic heterocycles. The zero-order valence-electron chi connectivity index (χ0n) is 18.8. The van der Waals surface area contributed by atoms with Gasteiger partial charge in [0, 0.05) is 17.2 Å². The minimum absolute atomic E-state index is 0.241. The lowest BCUT2D eigenvalue weighted by atomic mass is 10.0. The lowest BCUT2D eigenvalue weighted by Crippen LogP contribution is -2.04. The van der Waals surface area contributed by atoms with E-state index in [-0.39, 0.29) is 6.01 Å². The highest BCUT2D eigenvalue weighted by atomic mass is 31.2. The highest BCUT2D eigenvalue weighted by Gasteiger charge is 2.15. The Balaban J connectivity index is 1.71. The third-order valence-electron chi connectivity index (χ3n) is 5.28. The molecule has 0 radical (unpaired) electrons. The van der Waals surface area contributed by atoms with Crippen LogP contribution in [-0.4, -0.2) is 40.0 Å². The molecular weight excluding hydrogens is 421 g/mol. The van der Waals surface area contributed by atoms with Crippen LogP contribution in [0.4, 0.5) is 11.5 Å². The summed E-state index contributed by atoms with van der Waals surface area (Å²) >= 11 is 0. The van der Waals surface area contributed by atoms with Crippen LogP contribution < -0.4 is 15.4 Å². The molecule has 4 aromatic rings. The lowest BCUT2D eigenvalue weighted by molar-refractivity contribution is 0.382. The van der Waals surface area contributed by atoms with Crippen LogP contribution in [0.1, 0.15) is 16.7 Å². The molecule has 32 heavy (non-hydrogen) atoms. The summed E-state index contributed by atoms with van der Waals surface area (Å²) in [5.41, 5.74) is 5.63. The zero-order valence-corrected chi connectivity index (χ0v) is 19.7. The molecule has 0 saturated carbocycles. The number of nitrogens with one attached hydrogen (secondary N) is 1. The van der Waals surface area contributed by atoms with Crippen molar-refractivity contribution in [2.45, 2.75) is 13.8 Å². The van der Waals surface area contributed by atoms with Crippen molar-refractivity contribution < 1.29 is 9.30 Å². The number of ether oxygens (including phenoxy) is 1. The van der Waals surface area contributed by atoms with Crippen LogP contribution in [-0.2, 0) is 4.57 Å². The van der Waals surface area contributed by atoms with Crippen LogP contribution >= 0.6 is 7.14 Å².